The first kappa shape index (κ1) is 21.0. The largest absolute Gasteiger partial charge is 0.399 e. The molecule has 1 unspecified atom stereocenters. The number of rotatable bonds is 6. The van der Waals surface area contributed by atoms with E-state index >= 15 is 0 Å². The molecule has 2 heterocycles. The van der Waals surface area contributed by atoms with Gasteiger partial charge in [0.25, 0.3) is 0 Å². The van der Waals surface area contributed by atoms with E-state index in [1.165, 1.54) is 0 Å². The molecule has 0 bridgehead atoms. The first-order chi connectivity index (χ1) is 14.0. The third-order valence-corrected chi connectivity index (χ3v) is 7.06. The van der Waals surface area contributed by atoms with Crippen LogP contribution in [0.1, 0.15) is 11.4 Å². The summed E-state index contributed by atoms with van der Waals surface area (Å²) in [6.45, 7) is 4.80. The molecule has 29 heavy (non-hydrogen) atoms. The van der Waals surface area contributed by atoms with E-state index in [1.54, 1.807) is 37.4 Å². The SMILES string of the molecule is COCCN=S(=O)(c1ccc(N)cc1)N1CCN(c2nc(C)cc(C#N)n2)CC1. The van der Waals surface area contributed by atoms with Crippen molar-refractivity contribution in [1.82, 2.24) is 14.3 Å². The molecular formula is C19H25N7O2S. The molecule has 0 radical (unpaired) electrons. The summed E-state index contributed by atoms with van der Waals surface area (Å²) in [5, 5.41) is 9.15. The van der Waals surface area contributed by atoms with Gasteiger partial charge in [-0.05, 0) is 37.3 Å². The molecule has 10 heteroatoms. The van der Waals surface area contributed by atoms with Crippen molar-refractivity contribution in [3.05, 3.63) is 41.7 Å². The molecule has 1 aliphatic heterocycles. The van der Waals surface area contributed by atoms with Crippen molar-refractivity contribution in [2.75, 3.05) is 57.1 Å². The van der Waals surface area contributed by atoms with Gasteiger partial charge in [-0.1, -0.05) is 0 Å². The maximum absolute atomic E-state index is 13.9. The first-order valence-electron chi connectivity index (χ1n) is 9.29. The van der Waals surface area contributed by atoms with Crippen LogP contribution in [0.25, 0.3) is 0 Å². The van der Waals surface area contributed by atoms with Crippen LogP contribution in [0.2, 0.25) is 0 Å². The van der Waals surface area contributed by atoms with Gasteiger partial charge in [-0.15, -0.1) is 0 Å². The molecule has 0 spiro atoms. The van der Waals surface area contributed by atoms with Crippen LogP contribution in [-0.4, -0.2) is 64.9 Å². The number of nitrogen functional groups attached to an aromatic ring is 1. The van der Waals surface area contributed by atoms with Crippen molar-refractivity contribution in [3.63, 3.8) is 0 Å². The lowest BCUT2D eigenvalue weighted by atomic mass is 10.3. The Balaban J connectivity index is 1.83. The standard InChI is InChI=1S/C19H25N7O2S/c1-15-13-17(14-20)24-19(23-15)25-8-10-26(11-9-25)29(27,22-7-12-28-2)18-5-3-16(21)4-6-18/h3-6,13H,7-12,21H2,1-2H3. The molecule has 1 fully saturated rings. The Morgan fingerprint density at radius 3 is 2.55 bits per heavy atom. The Labute approximate surface area is 171 Å². The van der Waals surface area contributed by atoms with E-state index in [9.17, 15) is 4.21 Å². The van der Waals surface area contributed by atoms with Crippen molar-refractivity contribution in [2.24, 2.45) is 4.36 Å². The summed E-state index contributed by atoms with van der Waals surface area (Å²) in [6, 6.07) is 10.7. The molecule has 9 nitrogen and oxygen atoms in total. The van der Waals surface area contributed by atoms with Gasteiger partial charge >= 0.3 is 0 Å². The summed E-state index contributed by atoms with van der Waals surface area (Å²) in [6.07, 6.45) is 0. The van der Waals surface area contributed by atoms with Gasteiger partial charge in [0.2, 0.25) is 5.95 Å². The van der Waals surface area contributed by atoms with Gasteiger partial charge in [0.15, 0.2) is 0 Å². The zero-order valence-electron chi connectivity index (χ0n) is 16.6. The predicted octanol–water partition coefficient (Wildman–Crippen LogP) is 1.45. The van der Waals surface area contributed by atoms with Gasteiger partial charge in [0.1, 0.15) is 21.7 Å². The number of anilines is 2. The molecule has 0 aliphatic carbocycles. The molecule has 2 aromatic rings. The number of nitrogens with zero attached hydrogens (tertiary/aromatic N) is 6. The van der Waals surface area contributed by atoms with Crippen LogP contribution in [-0.2, 0) is 14.7 Å². The monoisotopic (exact) mass is 415 g/mol. The van der Waals surface area contributed by atoms with Gasteiger partial charge in [-0.3, -0.25) is 0 Å². The summed E-state index contributed by atoms with van der Waals surface area (Å²) in [5.41, 5.74) is 7.49. The fourth-order valence-electron chi connectivity index (χ4n) is 3.09. The molecule has 1 aliphatic rings. The summed E-state index contributed by atoms with van der Waals surface area (Å²) >= 11 is 0. The van der Waals surface area contributed by atoms with Gasteiger partial charge in [-0.25, -0.2) is 22.8 Å². The number of ether oxygens (including phenoxy) is 1. The second-order valence-electron chi connectivity index (χ2n) is 6.63. The molecule has 0 saturated carbocycles. The van der Waals surface area contributed by atoms with Crippen molar-refractivity contribution in [1.29, 1.82) is 5.26 Å². The van der Waals surface area contributed by atoms with E-state index < -0.39 is 9.92 Å². The molecule has 1 saturated heterocycles. The molecule has 2 N–H and O–H groups in total. The Morgan fingerprint density at radius 2 is 1.93 bits per heavy atom. The van der Waals surface area contributed by atoms with Gasteiger partial charge in [0, 0.05) is 44.7 Å². The van der Waals surface area contributed by atoms with Crippen molar-refractivity contribution in [3.8, 4) is 6.07 Å². The van der Waals surface area contributed by atoms with Crippen LogP contribution in [0.3, 0.4) is 0 Å². The predicted molar refractivity (Wildman–Crippen MR) is 112 cm³/mol. The molecule has 1 aromatic heterocycles. The molecular weight excluding hydrogens is 390 g/mol. The Hall–Kier alpha value is -2.74. The smallest absolute Gasteiger partial charge is 0.226 e. The second kappa shape index (κ2) is 9.17. The number of hydrogen-bond acceptors (Lipinski definition) is 8. The lowest BCUT2D eigenvalue weighted by Gasteiger charge is -2.36. The highest BCUT2D eigenvalue weighted by Gasteiger charge is 2.28. The molecule has 154 valence electrons. The fourth-order valence-corrected chi connectivity index (χ4v) is 5.17. The van der Waals surface area contributed by atoms with Crippen LogP contribution in [0, 0.1) is 18.3 Å². The molecule has 3 rings (SSSR count). The fraction of sp³-hybridized carbons (Fsp3) is 0.421. The number of benzene rings is 1. The number of hydrogen-bond donors (Lipinski definition) is 1. The molecule has 1 aromatic carbocycles. The minimum atomic E-state index is -2.78. The van der Waals surface area contributed by atoms with E-state index in [-0.39, 0.29) is 0 Å². The molecule has 1 atom stereocenters. The summed E-state index contributed by atoms with van der Waals surface area (Å²) in [5.74, 6) is 0.525. The summed E-state index contributed by atoms with van der Waals surface area (Å²) in [7, 11) is -1.19. The van der Waals surface area contributed by atoms with Crippen molar-refractivity contribution < 1.29 is 8.95 Å². The van der Waals surface area contributed by atoms with Crippen LogP contribution in [0.15, 0.2) is 39.6 Å². The van der Waals surface area contributed by atoms with Gasteiger partial charge in [0.05, 0.1) is 18.0 Å². The van der Waals surface area contributed by atoms with Gasteiger partial charge in [-0.2, -0.15) is 5.26 Å². The maximum Gasteiger partial charge on any atom is 0.226 e. The third-order valence-electron chi connectivity index (χ3n) is 4.58. The lowest BCUT2D eigenvalue weighted by molar-refractivity contribution is 0.208. The minimum absolute atomic E-state index is 0.340. The van der Waals surface area contributed by atoms with E-state index in [1.807, 2.05) is 16.1 Å². The van der Waals surface area contributed by atoms with Crippen LogP contribution in [0.5, 0.6) is 0 Å². The number of piperazine rings is 1. The number of nitrogens with two attached hydrogens (primary N) is 1. The lowest BCUT2D eigenvalue weighted by Crippen LogP contribution is -2.49. The quantitative estimate of drug-likeness (QED) is 0.560. The number of nitriles is 1. The zero-order valence-corrected chi connectivity index (χ0v) is 17.4. The average molecular weight is 416 g/mol. The Bertz CT molecular complexity index is 1000. The van der Waals surface area contributed by atoms with Crippen molar-refractivity contribution in [2.45, 2.75) is 11.8 Å². The van der Waals surface area contributed by atoms with Crippen molar-refractivity contribution >= 4 is 21.6 Å². The number of aromatic nitrogens is 2. The topological polar surface area (TPSA) is 121 Å². The van der Waals surface area contributed by atoms with Crippen LogP contribution < -0.4 is 10.6 Å². The summed E-state index contributed by atoms with van der Waals surface area (Å²) in [4.78, 5) is 11.4. The van der Waals surface area contributed by atoms with E-state index in [2.05, 4.69) is 20.4 Å². The Morgan fingerprint density at radius 1 is 1.24 bits per heavy atom. The second-order valence-corrected chi connectivity index (χ2v) is 8.87. The normalized spacial score (nSPS) is 16.8. The number of aryl methyl sites for hydroxylation is 1. The third kappa shape index (κ3) is 4.82. The Kier molecular flexibility index (Phi) is 6.64. The minimum Gasteiger partial charge on any atom is -0.399 e. The molecule has 0 amide bonds. The number of methoxy groups -OCH3 is 1. The van der Waals surface area contributed by atoms with Crippen LogP contribution in [0.4, 0.5) is 11.6 Å². The van der Waals surface area contributed by atoms with E-state index in [0.29, 0.717) is 61.6 Å². The average Bonchev–Trinajstić information content (AvgIpc) is 2.74. The highest BCUT2D eigenvalue weighted by atomic mass is 32.2. The van der Waals surface area contributed by atoms with E-state index in [4.69, 9.17) is 15.7 Å². The van der Waals surface area contributed by atoms with Crippen LogP contribution >= 0.6 is 0 Å². The van der Waals surface area contributed by atoms with Gasteiger partial charge < -0.3 is 15.4 Å². The summed E-state index contributed by atoms with van der Waals surface area (Å²) < 4.78 is 25.4. The highest BCUT2D eigenvalue weighted by Crippen LogP contribution is 2.23. The zero-order chi connectivity index (χ0) is 20.9. The maximum atomic E-state index is 13.9. The first-order valence-corrected chi connectivity index (χ1v) is 10.8. The van der Waals surface area contributed by atoms with E-state index in [0.717, 1.165) is 5.69 Å². The highest BCUT2D eigenvalue weighted by molar-refractivity contribution is 7.91.